The number of halogens is 2. The quantitative estimate of drug-likeness (QED) is 0.641. The Morgan fingerprint density at radius 3 is 2.33 bits per heavy atom. The summed E-state index contributed by atoms with van der Waals surface area (Å²) >= 11 is 8.40. The smallest absolute Gasteiger partial charge is 0.0562 e. The highest BCUT2D eigenvalue weighted by molar-refractivity contribution is 14.1. The van der Waals surface area contributed by atoms with E-state index >= 15 is 0 Å². The Kier molecular flexibility index (Phi) is 5.33. The molecular formula is C18H21ClIN. The first-order chi connectivity index (χ1) is 9.85. The summed E-state index contributed by atoms with van der Waals surface area (Å²) in [5.74, 6) is 0. The number of benzene rings is 2. The summed E-state index contributed by atoms with van der Waals surface area (Å²) in [6.07, 6.45) is 1.12. The topological polar surface area (TPSA) is 26.0 Å². The van der Waals surface area contributed by atoms with Gasteiger partial charge < -0.3 is 5.73 Å². The molecule has 0 saturated heterocycles. The van der Waals surface area contributed by atoms with Gasteiger partial charge in [0.05, 0.1) is 6.04 Å². The molecule has 3 heteroatoms. The Hall–Kier alpha value is -0.580. The van der Waals surface area contributed by atoms with Gasteiger partial charge in [-0.25, -0.2) is 0 Å². The van der Waals surface area contributed by atoms with E-state index in [0.717, 1.165) is 26.1 Å². The maximum absolute atomic E-state index is 6.41. The van der Waals surface area contributed by atoms with Crippen molar-refractivity contribution in [3.63, 3.8) is 0 Å². The van der Waals surface area contributed by atoms with E-state index in [1.807, 2.05) is 18.2 Å². The Morgan fingerprint density at radius 2 is 1.76 bits per heavy atom. The average Bonchev–Trinajstić information content (AvgIpc) is 2.49. The van der Waals surface area contributed by atoms with Crippen LogP contribution in [-0.2, 0) is 5.41 Å². The molecule has 0 amide bonds. The summed E-state index contributed by atoms with van der Waals surface area (Å²) in [7, 11) is 0. The Bertz CT molecular complexity index is 620. The van der Waals surface area contributed by atoms with Crippen LogP contribution in [0, 0.1) is 3.57 Å². The molecule has 0 aliphatic rings. The van der Waals surface area contributed by atoms with Crippen LogP contribution in [0.1, 0.15) is 49.9 Å². The second kappa shape index (κ2) is 6.67. The highest BCUT2D eigenvalue weighted by atomic mass is 127. The van der Waals surface area contributed by atoms with Crippen LogP contribution >= 0.6 is 34.2 Å². The molecule has 1 atom stereocenters. The SMILES string of the molecule is CCC(C)(C)c1ccc(C(N)c2cc(Cl)ccc2I)cc1. The van der Waals surface area contributed by atoms with Crippen molar-refractivity contribution < 1.29 is 0 Å². The molecule has 0 fully saturated rings. The molecule has 0 spiro atoms. The van der Waals surface area contributed by atoms with Crippen molar-refractivity contribution in [3.8, 4) is 0 Å². The van der Waals surface area contributed by atoms with E-state index in [0.29, 0.717) is 0 Å². The highest BCUT2D eigenvalue weighted by Gasteiger charge is 2.19. The molecular weight excluding hydrogens is 393 g/mol. The van der Waals surface area contributed by atoms with Gasteiger partial charge in [-0.3, -0.25) is 0 Å². The molecule has 1 unspecified atom stereocenters. The van der Waals surface area contributed by atoms with Gasteiger partial charge in [-0.05, 0) is 69.3 Å². The molecule has 0 heterocycles. The summed E-state index contributed by atoms with van der Waals surface area (Å²) in [4.78, 5) is 0. The van der Waals surface area contributed by atoms with Gasteiger partial charge in [-0.2, -0.15) is 0 Å². The van der Waals surface area contributed by atoms with Crippen LogP contribution < -0.4 is 5.73 Å². The Morgan fingerprint density at radius 1 is 1.14 bits per heavy atom. The van der Waals surface area contributed by atoms with Gasteiger partial charge in [-0.15, -0.1) is 0 Å². The zero-order valence-electron chi connectivity index (χ0n) is 12.7. The molecule has 0 aliphatic heterocycles. The van der Waals surface area contributed by atoms with Crippen LogP contribution in [0.4, 0.5) is 0 Å². The largest absolute Gasteiger partial charge is 0.320 e. The Labute approximate surface area is 146 Å². The van der Waals surface area contributed by atoms with Crippen molar-refractivity contribution in [2.75, 3.05) is 0 Å². The summed E-state index contributed by atoms with van der Waals surface area (Å²) in [5, 5.41) is 0.726. The number of hydrogen-bond acceptors (Lipinski definition) is 1. The molecule has 2 aromatic carbocycles. The van der Waals surface area contributed by atoms with Gasteiger partial charge in [0, 0.05) is 8.59 Å². The minimum atomic E-state index is -0.144. The molecule has 0 bridgehead atoms. The van der Waals surface area contributed by atoms with E-state index in [1.54, 1.807) is 0 Å². The van der Waals surface area contributed by atoms with Crippen LogP contribution in [0.3, 0.4) is 0 Å². The van der Waals surface area contributed by atoms with Gasteiger partial charge in [0.15, 0.2) is 0 Å². The van der Waals surface area contributed by atoms with Gasteiger partial charge in [0.25, 0.3) is 0 Å². The van der Waals surface area contributed by atoms with Gasteiger partial charge >= 0.3 is 0 Å². The van der Waals surface area contributed by atoms with E-state index in [-0.39, 0.29) is 11.5 Å². The third-order valence-electron chi connectivity index (χ3n) is 4.23. The molecule has 2 rings (SSSR count). The minimum absolute atomic E-state index is 0.144. The lowest BCUT2D eigenvalue weighted by Gasteiger charge is -2.24. The third kappa shape index (κ3) is 3.79. The van der Waals surface area contributed by atoms with E-state index in [1.165, 1.54) is 5.56 Å². The van der Waals surface area contributed by atoms with E-state index in [2.05, 4.69) is 67.6 Å². The lowest BCUT2D eigenvalue weighted by atomic mass is 9.81. The molecule has 0 radical (unpaired) electrons. The van der Waals surface area contributed by atoms with E-state index in [4.69, 9.17) is 17.3 Å². The van der Waals surface area contributed by atoms with Crippen molar-refractivity contribution in [1.29, 1.82) is 0 Å². The van der Waals surface area contributed by atoms with Gasteiger partial charge in [0.1, 0.15) is 0 Å². The lowest BCUT2D eigenvalue weighted by molar-refractivity contribution is 0.506. The normalized spacial score (nSPS) is 13.2. The van der Waals surface area contributed by atoms with Crippen LogP contribution in [0.25, 0.3) is 0 Å². The van der Waals surface area contributed by atoms with Gasteiger partial charge in [-0.1, -0.05) is 56.6 Å². The molecule has 2 N–H and O–H groups in total. The first kappa shape index (κ1) is 16.8. The molecule has 112 valence electrons. The highest BCUT2D eigenvalue weighted by Crippen LogP contribution is 2.30. The maximum atomic E-state index is 6.41. The monoisotopic (exact) mass is 413 g/mol. The first-order valence-electron chi connectivity index (χ1n) is 7.16. The molecule has 0 saturated carbocycles. The number of hydrogen-bond donors (Lipinski definition) is 1. The molecule has 0 aliphatic carbocycles. The molecule has 0 aromatic heterocycles. The maximum Gasteiger partial charge on any atom is 0.0562 e. The predicted molar refractivity (Wildman–Crippen MR) is 100.0 cm³/mol. The first-order valence-corrected chi connectivity index (χ1v) is 8.62. The van der Waals surface area contributed by atoms with E-state index in [9.17, 15) is 0 Å². The van der Waals surface area contributed by atoms with Crippen molar-refractivity contribution in [2.24, 2.45) is 5.73 Å². The summed E-state index contributed by atoms with van der Waals surface area (Å²) < 4.78 is 1.14. The van der Waals surface area contributed by atoms with Gasteiger partial charge in [0.2, 0.25) is 0 Å². The fourth-order valence-electron chi connectivity index (χ4n) is 2.28. The second-order valence-corrected chi connectivity index (χ2v) is 7.60. The third-order valence-corrected chi connectivity index (χ3v) is 5.45. The summed E-state index contributed by atoms with van der Waals surface area (Å²) in [6.45, 7) is 6.75. The Balaban J connectivity index is 2.32. The van der Waals surface area contributed by atoms with Crippen molar-refractivity contribution >= 4 is 34.2 Å². The number of rotatable bonds is 4. The standard InChI is InChI=1S/C18H21ClIN/c1-4-18(2,3)13-7-5-12(6-8-13)17(21)15-11-14(19)9-10-16(15)20/h5-11,17H,4,21H2,1-3H3. The summed E-state index contributed by atoms with van der Waals surface area (Å²) in [6, 6.07) is 14.4. The predicted octanol–water partition coefficient (Wildman–Crippen LogP) is 5.68. The zero-order valence-corrected chi connectivity index (χ0v) is 15.6. The summed E-state index contributed by atoms with van der Waals surface area (Å²) in [5.41, 5.74) is 10.2. The van der Waals surface area contributed by atoms with Crippen LogP contribution in [0.5, 0.6) is 0 Å². The van der Waals surface area contributed by atoms with E-state index < -0.39 is 0 Å². The van der Waals surface area contributed by atoms with Crippen molar-refractivity contribution in [2.45, 2.75) is 38.6 Å². The zero-order chi connectivity index (χ0) is 15.6. The van der Waals surface area contributed by atoms with Crippen LogP contribution in [0.15, 0.2) is 42.5 Å². The van der Waals surface area contributed by atoms with Crippen molar-refractivity contribution in [3.05, 3.63) is 67.7 Å². The molecule has 1 nitrogen and oxygen atoms in total. The molecule has 21 heavy (non-hydrogen) atoms. The number of nitrogens with two attached hydrogens (primary N) is 1. The van der Waals surface area contributed by atoms with Crippen molar-refractivity contribution in [1.82, 2.24) is 0 Å². The lowest BCUT2D eigenvalue weighted by Crippen LogP contribution is -2.17. The molecule has 2 aromatic rings. The fourth-order valence-corrected chi connectivity index (χ4v) is 3.13. The second-order valence-electron chi connectivity index (χ2n) is 6.00. The van der Waals surface area contributed by atoms with Crippen LogP contribution in [0.2, 0.25) is 5.02 Å². The minimum Gasteiger partial charge on any atom is -0.320 e. The van der Waals surface area contributed by atoms with Crippen LogP contribution in [-0.4, -0.2) is 0 Å². The fraction of sp³-hybridized carbons (Fsp3) is 0.333. The average molecular weight is 414 g/mol.